The predicted molar refractivity (Wildman–Crippen MR) is 127 cm³/mol. The van der Waals surface area contributed by atoms with Crippen molar-refractivity contribution in [1.29, 1.82) is 0 Å². The van der Waals surface area contributed by atoms with E-state index in [0.29, 0.717) is 10.8 Å². The Bertz CT molecular complexity index is 606. The summed E-state index contributed by atoms with van der Waals surface area (Å²) >= 11 is -1.01. The van der Waals surface area contributed by atoms with E-state index in [1.807, 2.05) is 0 Å². The molecule has 2 aliphatic rings. The molecule has 0 unspecified atom stereocenters. The zero-order valence-corrected chi connectivity index (χ0v) is 25.7. The fraction of sp³-hybridized carbons (Fsp3) is 0.714. The molecule has 176 valence electrons. The topological polar surface area (TPSA) is 0 Å². The van der Waals surface area contributed by atoms with Gasteiger partial charge in [-0.3, -0.25) is 0 Å². The molecule has 0 spiro atoms. The molecular weight excluding hydrogens is 498 g/mol. The van der Waals surface area contributed by atoms with Crippen LogP contribution in [0.25, 0.3) is 0 Å². The van der Waals surface area contributed by atoms with E-state index < -0.39 is 23.2 Å². The third kappa shape index (κ3) is 4.69. The molecule has 0 aromatic carbocycles. The summed E-state index contributed by atoms with van der Waals surface area (Å²) < 4.78 is 0.496. The van der Waals surface area contributed by atoms with Crippen LogP contribution in [0, 0.1) is 21.7 Å². The van der Waals surface area contributed by atoms with Crippen molar-refractivity contribution in [3.05, 3.63) is 48.6 Å². The van der Waals surface area contributed by atoms with Crippen molar-refractivity contribution < 1.29 is 48.0 Å². The minimum atomic E-state index is -1.01. The van der Waals surface area contributed by atoms with Crippen LogP contribution in [-0.2, 0) is 23.2 Å². The van der Waals surface area contributed by atoms with E-state index >= 15 is 0 Å². The SMILES string of the molecule is CCC(CC)(C(C)(C)C)[C]1([Zr+2][C]2(C(CC)(CC)C(C)(C)C)C=CC=C2)C=CC=C1.[Cl-].[Cl-]. The molecule has 0 aromatic heterocycles. The molecule has 0 N–H and O–H groups in total. The second kappa shape index (κ2) is 10.8. The van der Waals surface area contributed by atoms with E-state index in [1.165, 1.54) is 25.7 Å². The Morgan fingerprint density at radius 1 is 0.516 bits per heavy atom. The van der Waals surface area contributed by atoms with Crippen molar-refractivity contribution in [3.8, 4) is 0 Å². The maximum Gasteiger partial charge on any atom is -1.00 e. The fourth-order valence-corrected chi connectivity index (χ4v) is 15.6. The van der Waals surface area contributed by atoms with E-state index in [4.69, 9.17) is 0 Å². The van der Waals surface area contributed by atoms with E-state index in [-0.39, 0.29) is 41.9 Å². The van der Waals surface area contributed by atoms with E-state index in [2.05, 4.69) is 118 Å². The summed E-state index contributed by atoms with van der Waals surface area (Å²) in [7, 11) is 0. The van der Waals surface area contributed by atoms with Crippen molar-refractivity contribution in [2.45, 2.75) is 101 Å². The molecule has 0 radical (unpaired) electrons. The summed E-state index contributed by atoms with van der Waals surface area (Å²) in [4.78, 5) is 0. The Kier molecular flexibility index (Phi) is 10.9. The summed E-state index contributed by atoms with van der Waals surface area (Å²) in [6, 6.07) is 0. The zero-order valence-electron chi connectivity index (χ0n) is 21.7. The predicted octanol–water partition coefficient (Wildman–Crippen LogP) is 3.35. The quantitative estimate of drug-likeness (QED) is 0.440. The second-order valence-corrected chi connectivity index (χ2v) is 16.1. The summed E-state index contributed by atoms with van der Waals surface area (Å²) in [6.45, 7) is 24.7. The van der Waals surface area contributed by atoms with Crippen LogP contribution in [0.1, 0.15) is 94.9 Å². The molecule has 0 aliphatic heterocycles. The molecule has 3 heteroatoms. The molecule has 2 rings (SSSR count). The van der Waals surface area contributed by atoms with Gasteiger partial charge in [-0.15, -0.1) is 0 Å². The molecule has 0 heterocycles. The van der Waals surface area contributed by atoms with Gasteiger partial charge in [-0.1, -0.05) is 0 Å². The standard InChI is InChI=1S/2C14H23.2ClH.Zr/c2*1-6-14(7-2,13(3,4)5)12-10-8-9-11-12;;;/h2*8-11H,6-7H2,1-5H3;2*1H;/q;;;;+2/p-2. The number of hydrogen-bond donors (Lipinski definition) is 0. The van der Waals surface area contributed by atoms with Gasteiger partial charge < -0.3 is 24.8 Å². The summed E-state index contributed by atoms with van der Waals surface area (Å²) in [6.07, 6.45) is 25.0. The van der Waals surface area contributed by atoms with Crippen LogP contribution in [0.4, 0.5) is 0 Å². The van der Waals surface area contributed by atoms with Gasteiger partial charge in [-0.2, -0.15) is 0 Å². The monoisotopic (exact) mass is 542 g/mol. The second-order valence-electron chi connectivity index (χ2n) is 11.4. The Labute approximate surface area is 218 Å². The van der Waals surface area contributed by atoms with Gasteiger partial charge in [0.1, 0.15) is 0 Å². The van der Waals surface area contributed by atoms with Crippen molar-refractivity contribution in [1.82, 2.24) is 0 Å². The molecule has 0 atom stereocenters. The Morgan fingerprint density at radius 2 is 0.742 bits per heavy atom. The first-order valence-corrected chi connectivity index (χ1v) is 14.4. The first-order valence-electron chi connectivity index (χ1n) is 11.9. The van der Waals surface area contributed by atoms with Gasteiger partial charge in [0.15, 0.2) is 0 Å². The van der Waals surface area contributed by atoms with Crippen LogP contribution < -0.4 is 24.8 Å². The van der Waals surface area contributed by atoms with E-state index in [1.54, 1.807) is 0 Å². The van der Waals surface area contributed by atoms with Crippen LogP contribution >= 0.6 is 0 Å². The van der Waals surface area contributed by atoms with Crippen LogP contribution in [0.3, 0.4) is 0 Å². The van der Waals surface area contributed by atoms with Crippen LogP contribution in [-0.4, -0.2) is 0 Å². The van der Waals surface area contributed by atoms with E-state index in [0.717, 1.165) is 0 Å². The minimum absolute atomic E-state index is 0. The first-order chi connectivity index (χ1) is 13.4. The molecule has 31 heavy (non-hydrogen) atoms. The van der Waals surface area contributed by atoms with Gasteiger partial charge in [-0.25, -0.2) is 0 Å². The normalized spacial score (nSPS) is 19.2. The maximum atomic E-state index is 2.64. The third-order valence-corrected chi connectivity index (χ3v) is 15.0. The molecule has 0 bridgehead atoms. The molecule has 0 nitrogen and oxygen atoms in total. The van der Waals surface area contributed by atoms with Crippen LogP contribution in [0.5, 0.6) is 0 Å². The van der Waals surface area contributed by atoms with Gasteiger partial charge in [-0.05, 0) is 0 Å². The Hall–Kier alpha value is 0.423. The third-order valence-electron chi connectivity index (χ3n) is 8.94. The summed E-state index contributed by atoms with van der Waals surface area (Å²) in [5.74, 6) is 0. The Morgan fingerprint density at radius 3 is 0.903 bits per heavy atom. The first kappa shape index (κ1) is 31.4. The number of allylic oxidation sites excluding steroid dienone is 8. The summed E-state index contributed by atoms with van der Waals surface area (Å²) in [5, 5.41) is 0. The average molecular weight is 545 g/mol. The number of hydrogen-bond acceptors (Lipinski definition) is 0. The van der Waals surface area contributed by atoms with Gasteiger partial charge in [0.25, 0.3) is 0 Å². The molecule has 0 aromatic rings. The summed E-state index contributed by atoms with van der Waals surface area (Å²) in [5.41, 5.74) is 1.15. The molecule has 0 saturated heterocycles. The van der Waals surface area contributed by atoms with Gasteiger partial charge in [0.2, 0.25) is 0 Å². The van der Waals surface area contributed by atoms with Gasteiger partial charge in [0.05, 0.1) is 0 Å². The van der Waals surface area contributed by atoms with Gasteiger partial charge in [0, 0.05) is 0 Å². The van der Waals surface area contributed by atoms with E-state index in [9.17, 15) is 0 Å². The average Bonchev–Trinajstić information content (AvgIpc) is 3.27. The largest absolute Gasteiger partial charge is 1.00 e. The van der Waals surface area contributed by atoms with Crippen molar-refractivity contribution >= 4 is 0 Å². The number of halogens is 2. The minimum Gasteiger partial charge on any atom is -1.00 e. The van der Waals surface area contributed by atoms with Crippen LogP contribution in [0.2, 0.25) is 6.25 Å². The molecular formula is C28H46Cl2Zr. The molecule has 0 fully saturated rings. The van der Waals surface area contributed by atoms with Crippen molar-refractivity contribution in [3.63, 3.8) is 0 Å². The molecule has 0 amide bonds. The zero-order chi connectivity index (χ0) is 22.2. The molecule has 2 aliphatic carbocycles. The van der Waals surface area contributed by atoms with Gasteiger partial charge >= 0.3 is 195 Å². The fourth-order valence-electron chi connectivity index (χ4n) is 7.36. The molecule has 0 saturated carbocycles. The maximum absolute atomic E-state index is 2.64. The number of rotatable bonds is 8. The van der Waals surface area contributed by atoms with Crippen molar-refractivity contribution in [2.75, 3.05) is 0 Å². The van der Waals surface area contributed by atoms with Crippen molar-refractivity contribution in [2.24, 2.45) is 21.7 Å². The smallest absolute Gasteiger partial charge is 1.00 e. The van der Waals surface area contributed by atoms with Crippen LogP contribution in [0.15, 0.2) is 48.6 Å². The Balaban J connectivity index is 0.00000450.